The molecule has 1 aromatic carbocycles. The van der Waals surface area contributed by atoms with E-state index in [0.29, 0.717) is 12.1 Å². The number of rotatable bonds is 6. The minimum Gasteiger partial charge on any atom is -0.354 e. The van der Waals surface area contributed by atoms with Crippen LogP contribution in [0.3, 0.4) is 0 Å². The van der Waals surface area contributed by atoms with E-state index in [-0.39, 0.29) is 5.91 Å². The van der Waals surface area contributed by atoms with Crippen LogP contribution in [0.25, 0.3) is 0 Å². The summed E-state index contributed by atoms with van der Waals surface area (Å²) in [5, 5.41) is 6.32. The molecule has 0 aliphatic rings. The Morgan fingerprint density at radius 3 is 2.65 bits per heavy atom. The van der Waals surface area contributed by atoms with Crippen molar-refractivity contribution in [1.82, 2.24) is 15.3 Å². The highest BCUT2D eigenvalue weighted by atomic mass is 16.1. The first-order valence-corrected chi connectivity index (χ1v) is 8.65. The van der Waals surface area contributed by atoms with Crippen LogP contribution < -0.4 is 10.6 Å². The normalized spacial score (nSPS) is 10.4. The first-order valence-electron chi connectivity index (χ1n) is 8.65. The lowest BCUT2D eigenvalue weighted by Crippen LogP contribution is -2.23. The van der Waals surface area contributed by atoms with Gasteiger partial charge in [0.05, 0.1) is 17.4 Å². The largest absolute Gasteiger partial charge is 0.354 e. The highest BCUT2D eigenvalue weighted by Crippen LogP contribution is 2.25. The van der Waals surface area contributed by atoms with Crippen molar-refractivity contribution in [1.29, 1.82) is 0 Å². The van der Waals surface area contributed by atoms with E-state index >= 15 is 0 Å². The van der Waals surface area contributed by atoms with Crippen molar-refractivity contribution in [3.63, 3.8) is 0 Å². The number of nitrogens with zero attached hydrogens (tertiary/aromatic N) is 2. The Bertz CT molecular complexity index is 894. The molecule has 0 atom stereocenters. The van der Waals surface area contributed by atoms with Gasteiger partial charge in [-0.3, -0.25) is 14.8 Å². The maximum Gasteiger partial charge on any atom is 0.253 e. The van der Waals surface area contributed by atoms with Gasteiger partial charge in [0.1, 0.15) is 0 Å². The number of benzene rings is 1. The van der Waals surface area contributed by atoms with E-state index in [1.807, 2.05) is 18.2 Å². The van der Waals surface area contributed by atoms with Gasteiger partial charge in [-0.25, -0.2) is 0 Å². The van der Waals surface area contributed by atoms with Crippen molar-refractivity contribution in [2.45, 2.75) is 26.8 Å². The Balaban J connectivity index is 1.73. The second-order valence-corrected chi connectivity index (χ2v) is 6.09. The number of amides is 1. The average molecular weight is 346 g/mol. The van der Waals surface area contributed by atoms with Crippen molar-refractivity contribution >= 4 is 17.3 Å². The number of hydrogen-bond acceptors (Lipinski definition) is 4. The van der Waals surface area contributed by atoms with Crippen LogP contribution in [0.4, 0.5) is 11.4 Å². The number of anilines is 2. The summed E-state index contributed by atoms with van der Waals surface area (Å²) in [6.45, 7) is 4.65. The zero-order valence-electron chi connectivity index (χ0n) is 15.0. The Morgan fingerprint density at radius 2 is 1.88 bits per heavy atom. The molecule has 1 amide bonds. The fourth-order valence-corrected chi connectivity index (χ4v) is 2.76. The third-order valence-corrected chi connectivity index (χ3v) is 4.21. The Labute approximate surface area is 153 Å². The van der Waals surface area contributed by atoms with Gasteiger partial charge in [0.25, 0.3) is 5.91 Å². The molecular weight excluding hydrogens is 324 g/mol. The third kappa shape index (κ3) is 4.25. The number of aromatic nitrogens is 2. The summed E-state index contributed by atoms with van der Waals surface area (Å²) in [7, 11) is 0. The third-order valence-electron chi connectivity index (χ3n) is 4.21. The lowest BCUT2D eigenvalue weighted by atomic mass is 10.1. The second kappa shape index (κ2) is 8.25. The molecule has 5 nitrogen and oxygen atoms in total. The Hall–Kier alpha value is -3.21. The molecule has 0 spiro atoms. The van der Waals surface area contributed by atoms with E-state index in [1.54, 1.807) is 24.8 Å². The predicted octanol–water partition coefficient (Wildman–Crippen LogP) is 4.02. The molecule has 0 fully saturated rings. The number of aryl methyl sites for hydroxylation is 2. The molecule has 5 heteroatoms. The molecule has 3 aromatic rings. The summed E-state index contributed by atoms with van der Waals surface area (Å²) in [4.78, 5) is 20.6. The molecule has 0 bridgehead atoms. The van der Waals surface area contributed by atoms with E-state index in [9.17, 15) is 4.79 Å². The number of nitrogens with one attached hydrogen (secondary N) is 2. The van der Waals surface area contributed by atoms with Crippen molar-refractivity contribution < 1.29 is 4.79 Å². The molecule has 0 radical (unpaired) electrons. The first-order chi connectivity index (χ1) is 12.7. The number of pyridine rings is 2. The van der Waals surface area contributed by atoms with Gasteiger partial charge in [0.15, 0.2) is 0 Å². The van der Waals surface area contributed by atoms with Crippen molar-refractivity contribution in [3.8, 4) is 0 Å². The molecule has 0 saturated carbocycles. The van der Waals surface area contributed by atoms with Crippen molar-refractivity contribution in [2.75, 3.05) is 5.32 Å². The zero-order valence-corrected chi connectivity index (χ0v) is 15.0. The van der Waals surface area contributed by atoms with Gasteiger partial charge >= 0.3 is 0 Å². The summed E-state index contributed by atoms with van der Waals surface area (Å²) in [5.74, 6) is -0.154. The molecule has 3 rings (SSSR count). The number of carbonyl (C=O) groups is 1. The second-order valence-electron chi connectivity index (χ2n) is 6.09. The molecule has 0 aliphatic carbocycles. The standard InChI is InChI=1S/C21H22N4O/c1-3-17-6-4-5-15(2)20(17)25-19-11-18(13-23-14-19)21(26)24-12-16-7-9-22-10-8-16/h4-11,13-14,25H,3,12H2,1-2H3,(H,24,26). The van der Waals surface area contributed by atoms with E-state index in [1.165, 1.54) is 5.56 Å². The summed E-state index contributed by atoms with van der Waals surface area (Å²) in [6.07, 6.45) is 7.66. The van der Waals surface area contributed by atoms with Crippen LogP contribution in [-0.2, 0) is 13.0 Å². The zero-order chi connectivity index (χ0) is 18.4. The topological polar surface area (TPSA) is 66.9 Å². The van der Waals surface area contributed by atoms with Gasteiger partial charge in [-0.05, 0) is 48.2 Å². The smallest absolute Gasteiger partial charge is 0.253 e. The van der Waals surface area contributed by atoms with Gasteiger partial charge in [0.2, 0.25) is 0 Å². The van der Waals surface area contributed by atoms with Crippen LogP contribution in [-0.4, -0.2) is 15.9 Å². The summed E-state index contributed by atoms with van der Waals surface area (Å²) in [5.41, 5.74) is 5.80. The van der Waals surface area contributed by atoms with Gasteiger partial charge in [-0.1, -0.05) is 25.1 Å². The molecule has 0 aliphatic heterocycles. The molecule has 0 unspecified atom stereocenters. The maximum atomic E-state index is 12.4. The lowest BCUT2D eigenvalue weighted by molar-refractivity contribution is 0.0950. The highest BCUT2D eigenvalue weighted by Gasteiger charge is 2.09. The minimum absolute atomic E-state index is 0.154. The lowest BCUT2D eigenvalue weighted by Gasteiger charge is -2.14. The van der Waals surface area contributed by atoms with E-state index in [0.717, 1.165) is 28.9 Å². The summed E-state index contributed by atoms with van der Waals surface area (Å²) >= 11 is 0. The van der Waals surface area contributed by atoms with Crippen LogP contribution in [0.5, 0.6) is 0 Å². The number of carbonyl (C=O) groups excluding carboxylic acids is 1. The van der Waals surface area contributed by atoms with Crippen LogP contribution in [0.2, 0.25) is 0 Å². The van der Waals surface area contributed by atoms with E-state index < -0.39 is 0 Å². The van der Waals surface area contributed by atoms with Crippen molar-refractivity contribution in [3.05, 3.63) is 83.4 Å². The fraction of sp³-hybridized carbons (Fsp3) is 0.190. The Morgan fingerprint density at radius 1 is 1.08 bits per heavy atom. The SMILES string of the molecule is CCc1cccc(C)c1Nc1cncc(C(=O)NCc2ccncc2)c1. The van der Waals surface area contributed by atoms with Crippen LogP contribution >= 0.6 is 0 Å². The number of hydrogen-bond donors (Lipinski definition) is 2. The van der Waals surface area contributed by atoms with Gasteiger partial charge in [0, 0.05) is 30.8 Å². The molecule has 2 heterocycles. The summed E-state index contributed by atoms with van der Waals surface area (Å²) < 4.78 is 0. The molecule has 0 saturated heterocycles. The molecule has 132 valence electrons. The monoisotopic (exact) mass is 346 g/mol. The molecule has 2 aromatic heterocycles. The van der Waals surface area contributed by atoms with Gasteiger partial charge in [-0.15, -0.1) is 0 Å². The minimum atomic E-state index is -0.154. The van der Waals surface area contributed by atoms with Crippen molar-refractivity contribution in [2.24, 2.45) is 0 Å². The predicted molar refractivity (Wildman–Crippen MR) is 103 cm³/mol. The quantitative estimate of drug-likeness (QED) is 0.707. The van der Waals surface area contributed by atoms with E-state index in [2.05, 4.69) is 52.6 Å². The highest BCUT2D eigenvalue weighted by molar-refractivity contribution is 5.94. The molecule has 2 N–H and O–H groups in total. The van der Waals surface area contributed by atoms with Crippen LogP contribution in [0.15, 0.2) is 61.2 Å². The summed E-state index contributed by atoms with van der Waals surface area (Å²) in [6, 6.07) is 11.8. The average Bonchev–Trinajstić information content (AvgIpc) is 2.68. The van der Waals surface area contributed by atoms with E-state index in [4.69, 9.17) is 0 Å². The Kier molecular flexibility index (Phi) is 5.59. The van der Waals surface area contributed by atoms with Crippen LogP contribution in [0, 0.1) is 6.92 Å². The van der Waals surface area contributed by atoms with Crippen LogP contribution in [0.1, 0.15) is 34.0 Å². The number of para-hydroxylation sites is 1. The maximum absolute atomic E-state index is 12.4. The van der Waals surface area contributed by atoms with Gasteiger partial charge < -0.3 is 10.6 Å². The van der Waals surface area contributed by atoms with Gasteiger partial charge in [-0.2, -0.15) is 0 Å². The molecular formula is C21H22N4O. The fourth-order valence-electron chi connectivity index (χ4n) is 2.76. The molecule has 26 heavy (non-hydrogen) atoms. The first kappa shape index (κ1) is 17.6.